The third-order valence-electron chi connectivity index (χ3n) is 2.29. The number of pyridine rings is 1. The predicted molar refractivity (Wildman–Crippen MR) is 78.4 cm³/mol. The molecular weight excluding hydrogens is 373 g/mol. The number of hydrogen-bond donors (Lipinski definition) is 1. The standard InChI is InChI=1S/C9H8BrF3N2O4.C2H6.CH4/c1-19-5-2-3-6(14-7(5)10)8(16,4-15(17)18)9(11,12)13;1-2;/h2-3,16H,4H2,1H3;1-2H3;1H4. The van der Waals surface area contributed by atoms with E-state index in [0.29, 0.717) is 0 Å². The Morgan fingerprint density at radius 2 is 1.91 bits per heavy atom. The highest BCUT2D eigenvalue weighted by molar-refractivity contribution is 9.10. The molecule has 6 nitrogen and oxygen atoms in total. The molecule has 1 aromatic rings. The number of aromatic nitrogens is 1. The van der Waals surface area contributed by atoms with Crippen LogP contribution in [0.1, 0.15) is 27.0 Å². The molecule has 1 rings (SSSR count). The Morgan fingerprint density at radius 1 is 1.41 bits per heavy atom. The molecule has 0 saturated heterocycles. The number of nitrogens with zero attached hydrogens (tertiary/aromatic N) is 2. The maximum atomic E-state index is 12.8. The number of halogens is 4. The highest BCUT2D eigenvalue weighted by Gasteiger charge is 2.60. The van der Waals surface area contributed by atoms with Gasteiger partial charge in [0.15, 0.2) is 5.75 Å². The maximum absolute atomic E-state index is 12.8. The smallest absolute Gasteiger partial charge is 0.429 e. The molecule has 0 radical (unpaired) electrons. The van der Waals surface area contributed by atoms with Gasteiger partial charge in [-0.3, -0.25) is 10.1 Å². The number of hydrogen-bond acceptors (Lipinski definition) is 5. The molecule has 1 unspecified atom stereocenters. The molecule has 0 amide bonds. The van der Waals surface area contributed by atoms with Crippen LogP contribution in [-0.4, -0.2) is 34.8 Å². The van der Waals surface area contributed by atoms with Crippen LogP contribution >= 0.6 is 15.9 Å². The normalized spacial score (nSPS) is 13.1. The minimum atomic E-state index is -5.24. The number of nitro groups is 1. The quantitative estimate of drug-likeness (QED) is 0.482. The molecule has 1 heterocycles. The molecule has 22 heavy (non-hydrogen) atoms. The number of methoxy groups -OCH3 is 1. The summed E-state index contributed by atoms with van der Waals surface area (Å²) in [6, 6.07) is 1.93. The topological polar surface area (TPSA) is 85.5 Å². The van der Waals surface area contributed by atoms with Gasteiger partial charge >= 0.3 is 6.18 Å². The van der Waals surface area contributed by atoms with Crippen LogP contribution in [-0.2, 0) is 5.60 Å². The zero-order chi connectivity index (χ0) is 16.8. The van der Waals surface area contributed by atoms with E-state index in [9.17, 15) is 28.4 Å². The summed E-state index contributed by atoms with van der Waals surface area (Å²) in [5.74, 6) is 0.134. The molecule has 0 spiro atoms. The fourth-order valence-electron chi connectivity index (χ4n) is 1.31. The van der Waals surface area contributed by atoms with Crippen molar-refractivity contribution in [1.82, 2.24) is 4.98 Å². The van der Waals surface area contributed by atoms with Crippen LogP contribution in [0.15, 0.2) is 16.7 Å². The Labute approximate surface area is 134 Å². The average Bonchev–Trinajstić information content (AvgIpc) is 2.38. The highest BCUT2D eigenvalue weighted by Crippen LogP contribution is 2.39. The van der Waals surface area contributed by atoms with Gasteiger partial charge in [0.2, 0.25) is 6.54 Å². The van der Waals surface area contributed by atoms with Crippen molar-refractivity contribution >= 4 is 15.9 Å². The van der Waals surface area contributed by atoms with E-state index in [1.54, 1.807) is 0 Å². The summed E-state index contributed by atoms with van der Waals surface area (Å²) < 4.78 is 43.1. The average molecular weight is 391 g/mol. The van der Waals surface area contributed by atoms with Gasteiger partial charge in [0, 0.05) is 4.92 Å². The molecule has 0 aromatic carbocycles. The summed E-state index contributed by atoms with van der Waals surface area (Å²) in [4.78, 5) is 12.5. The molecule has 0 aliphatic rings. The molecule has 128 valence electrons. The molecule has 0 fully saturated rings. The first kappa shape index (κ1) is 22.9. The number of ether oxygens (including phenoxy) is 1. The van der Waals surface area contributed by atoms with Crippen molar-refractivity contribution in [3.8, 4) is 5.75 Å². The highest BCUT2D eigenvalue weighted by atomic mass is 79.9. The lowest BCUT2D eigenvalue weighted by Gasteiger charge is -2.26. The molecule has 0 aliphatic carbocycles. The number of aliphatic hydroxyl groups is 1. The number of rotatable bonds is 4. The van der Waals surface area contributed by atoms with Gasteiger partial charge in [-0.25, -0.2) is 4.98 Å². The first-order valence-electron chi connectivity index (χ1n) is 5.73. The second-order valence-corrected chi connectivity index (χ2v) is 4.29. The minimum Gasteiger partial charge on any atom is -0.494 e. The van der Waals surface area contributed by atoms with Crippen LogP contribution in [0.4, 0.5) is 13.2 Å². The van der Waals surface area contributed by atoms with Crippen molar-refractivity contribution in [3.63, 3.8) is 0 Å². The van der Waals surface area contributed by atoms with Crippen LogP contribution in [0.5, 0.6) is 5.75 Å². The molecule has 1 aromatic heterocycles. The third kappa shape index (κ3) is 5.09. The van der Waals surface area contributed by atoms with Crippen molar-refractivity contribution in [1.29, 1.82) is 0 Å². The zero-order valence-electron chi connectivity index (χ0n) is 11.4. The van der Waals surface area contributed by atoms with Crippen LogP contribution in [0.25, 0.3) is 0 Å². The molecule has 0 saturated carbocycles. The van der Waals surface area contributed by atoms with Crippen LogP contribution in [0, 0.1) is 10.1 Å². The van der Waals surface area contributed by atoms with Gasteiger partial charge in [-0.05, 0) is 28.1 Å². The van der Waals surface area contributed by atoms with Gasteiger partial charge in [-0.1, -0.05) is 21.3 Å². The van der Waals surface area contributed by atoms with Gasteiger partial charge in [0.1, 0.15) is 4.60 Å². The second-order valence-electron chi connectivity index (χ2n) is 3.54. The maximum Gasteiger partial charge on any atom is 0.429 e. The lowest BCUT2D eigenvalue weighted by atomic mass is 9.98. The summed E-state index contributed by atoms with van der Waals surface area (Å²) in [5, 5.41) is 19.9. The summed E-state index contributed by atoms with van der Waals surface area (Å²) in [6.45, 7) is 2.27. The summed E-state index contributed by atoms with van der Waals surface area (Å²) >= 11 is 2.85. The van der Waals surface area contributed by atoms with E-state index in [1.165, 1.54) is 7.11 Å². The van der Waals surface area contributed by atoms with Gasteiger partial charge in [-0.15, -0.1) is 0 Å². The van der Waals surface area contributed by atoms with Gasteiger partial charge in [-0.2, -0.15) is 13.2 Å². The Balaban J connectivity index is 0. The summed E-state index contributed by atoms with van der Waals surface area (Å²) in [6.07, 6.45) is -5.24. The van der Waals surface area contributed by atoms with Crippen molar-refractivity contribution in [2.75, 3.05) is 13.7 Å². The van der Waals surface area contributed by atoms with Crippen molar-refractivity contribution in [2.45, 2.75) is 33.1 Å². The van der Waals surface area contributed by atoms with E-state index in [4.69, 9.17) is 4.74 Å². The Kier molecular flexibility index (Phi) is 9.23. The lowest BCUT2D eigenvalue weighted by Crippen LogP contribution is -2.48. The first-order chi connectivity index (χ1) is 9.61. The summed E-state index contributed by atoms with van der Waals surface area (Å²) in [7, 11) is 1.27. The van der Waals surface area contributed by atoms with Crippen molar-refractivity contribution < 1.29 is 27.9 Å². The van der Waals surface area contributed by atoms with Crippen molar-refractivity contribution in [2.24, 2.45) is 0 Å². The van der Waals surface area contributed by atoms with Crippen molar-refractivity contribution in [3.05, 3.63) is 32.5 Å². The molecule has 0 bridgehead atoms. The van der Waals surface area contributed by atoms with E-state index in [-0.39, 0.29) is 17.8 Å². The first-order valence-corrected chi connectivity index (χ1v) is 6.53. The fraction of sp³-hybridized carbons (Fsp3) is 0.583. The van der Waals surface area contributed by atoms with Gasteiger partial charge in [0.25, 0.3) is 5.60 Å². The largest absolute Gasteiger partial charge is 0.494 e. The molecule has 0 aliphatic heterocycles. The molecule has 10 heteroatoms. The Morgan fingerprint density at radius 3 is 2.23 bits per heavy atom. The third-order valence-corrected chi connectivity index (χ3v) is 2.85. The summed E-state index contributed by atoms with van der Waals surface area (Å²) in [5.41, 5.74) is -4.55. The molecule has 1 atom stereocenters. The Bertz CT molecular complexity index is 500. The predicted octanol–water partition coefficient (Wildman–Crippen LogP) is 3.54. The fourth-order valence-corrected chi connectivity index (χ4v) is 1.79. The van der Waals surface area contributed by atoms with E-state index >= 15 is 0 Å². The monoisotopic (exact) mass is 390 g/mol. The molecular formula is C12H18BrF3N2O4. The SMILES string of the molecule is C.CC.COc1ccc(C(O)(C[N+](=O)[O-])C(F)(F)F)nc1Br. The van der Waals surface area contributed by atoms with E-state index in [1.807, 2.05) is 13.8 Å². The Hall–Kier alpha value is -1.42. The van der Waals surface area contributed by atoms with Crippen LogP contribution in [0.3, 0.4) is 0 Å². The minimum absolute atomic E-state index is 0. The second kappa shape index (κ2) is 8.89. The lowest BCUT2D eigenvalue weighted by molar-refractivity contribution is -0.519. The van der Waals surface area contributed by atoms with E-state index in [2.05, 4.69) is 20.9 Å². The van der Waals surface area contributed by atoms with E-state index in [0.717, 1.165) is 12.1 Å². The van der Waals surface area contributed by atoms with E-state index < -0.39 is 28.9 Å². The molecule has 1 N–H and O–H groups in total. The van der Waals surface area contributed by atoms with Gasteiger partial charge < -0.3 is 9.84 Å². The van der Waals surface area contributed by atoms with Gasteiger partial charge in [0.05, 0.1) is 12.8 Å². The zero-order valence-corrected chi connectivity index (χ0v) is 13.0. The van der Waals surface area contributed by atoms with Crippen LogP contribution < -0.4 is 4.74 Å². The van der Waals surface area contributed by atoms with Crippen LogP contribution in [0.2, 0.25) is 0 Å². The number of alkyl halides is 3.